The van der Waals surface area contributed by atoms with Crippen molar-refractivity contribution in [1.29, 1.82) is 0 Å². The zero-order valence-corrected chi connectivity index (χ0v) is 20.4. The molecule has 1 saturated heterocycles. The van der Waals surface area contributed by atoms with Gasteiger partial charge >= 0.3 is 0 Å². The molecule has 0 saturated carbocycles. The van der Waals surface area contributed by atoms with E-state index in [9.17, 15) is 4.79 Å². The van der Waals surface area contributed by atoms with Gasteiger partial charge in [0.05, 0.1) is 12.0 Å². The molecule has 0 bridgehead atoms. The number of para-hydroxylation sites is 1. The van der Waals surface area contributed by atoms with Crippen molar-refractivity contribution < 1.29 is 14.3 Å². The molecule has 4 nitrogen and oxygen atoms in total. The molecule has 4 rings (SSSR count). The molecule has 0 radical (unpaired) electrons. The normalized spacial score (nSPS) is 14.7. The Labute approximate surface area is 208 Å². The van der Waals surface area contributed by atoms with Crippen LogP contribution < -0.4 is 9.47 Å². The van der Waals surface area contributed by atoms with Crippen molar-refractivity contribution >= 4 is 51.9 Å². The number of hydrogen-bond donors (Lipinski definition) is 0. The summed E-state index contributed by atoms with van der Waals surface area (Å²) in [6, 6.07) is 23.0. The molecule has 1 aliphatic heterocycles. The van der Waals surface area contributed by atoms with E-state index in [-0.39, 0.29) is 5.91 Å². The summed E-state index contributed by atoms with van der Waals surface area (Å²) in [6.07, 6.45) is 2.56. The molecule has 1 aliphatic rings. The van der Waals surface area contributed by atoms with Crippen LogP contribution in [0.15, 0.2) is 77.7 Å². The second kappa shape index (κ2) is 10.9. The second-order valence-corrected chi connectivity index (χ2v) is 9.50. The zero-order chi connectivity index (χ0) is 23.2. The maximum absolute atomic E-state index is 13.0. The summed E-state index contributed by atoms with van der Waals surface area (Å²) < 4.78 is 11.8. The first kappa shape index (κ1) is 23.4. The molecular weight excluding hydrogens is 474 g/mol. The van der Waals surface area contributed by atoms with E-state index < -0.39 is 0 Å². The van der Waals surface area contributed by atoms with Crippen molar-refractivity contribution in [2.45, 2.75) is 13.0 Å². The Balaban J connectivity index is 1.43. The summed E-state index contributed by atoms with van der Waals surface area (Å²) in [7, 11) is 1.64. The van der Waals surface area contributed by atoms with Crippen LogP contribution >= 0.6 is 35.6 Å². The van der Waals surface area contributed by atoms with Crippen molar-refractivity contribution in [2.75, 3.05) is 13.7 Å². The number of nitrogens with zero attached hydrogens (tertiary/aromatic N) is 1. The van der Waals surface area contributed by atoms with Crippen LogP contribution in [0.2, 0.25) is 5.02 Å². The van der Waals surface area contributed by atoms with E-state index in [1.165, 1.54) is 11.8 Å². The minimum atomic E-state index is -0.0778. The van der Waals surface area contributed by atoms with E-state index >= 15 is 0 Å². The highest BCUT2D eigenvalue weighted by atomic mass is 35.5. The lowest BCUT2D eigenvalue weighted by Crippen LogP contribution is -2.30. The number of amides is 1. The van der Waals surface area contributed by atoms with Gasteiger partial charge in [0, 0.05) is 17.1 Å². The molecule has 3 aromatic carbocycles. The van der Waals surface area contributed by atoms with Crippen LogP contribution in [0.5, 0.6) is 11.5 Å². The minimum Gasteiger partial charge on any atom is -0.497 e. The predicted octanol–water partition coefficient (Wildman–Crippen LogP) is 6.37. The van der Waals surface area contributed by atoms with Crippen molar-refractivity contribution in [3.63, 3.8) is 0 Å². The number of methoxy groups -OCH3 is 1. The zero-order valence-electron chi connectivity index (χ0n) is 18.0. The molecule has 7 heteroatoms. The van der Waals surface area contributed by atoms with Gasteiger partial charge in [-0.3, -0.25) is 9.69 Å². The maximum atomic E-state index is 13.0. The first-order valence-electron chi connectivity index (χ1n) is 10.4. The Kier molecular flexibility index (Phi) is 7.70. The molecule has 0 aliphatic carbocycles. The fourth-order valence-corrected chi connectivity index (χ4v) is 4.77. The van der Waals surface area contributed by atoms with Crippen LogP contribution in [-0.2, 0) is 17.8 Å². The van der Waals surface area contributed by atoms with Gasteiger partial charge in [0.15, 0.2) is 0 Å². The van der Waals surface area contributed by atoms with Crippen molar-refractivity contribution in [1.82, 2.24) is 4.90 Å². The van der Waals surface area contributed by atoms with Crippen LogP contribution in [-0.4, -0.2) is 28.8 Å². The van der Waals surface area contributed by atoms with Crippen LogP contribution in [0.25, 0.3) is 6.08 Å². The van der Waals surface area contributed by atoms with E-state index in [4.69, 9.17) is 33.3 Å². The number of carbonyl (C=O) groups excluding carboxylic acids is 1. The van der Waals surface area contributed by atoms with E-state index in [1.807, 2.05) is 78.9 Å². The molecule has 0 spiro atoms. The molecule has 1 amide bonds. The van der Waals surface area contributed by atoms with Gasteiger partial charge in [-0.05, 0) is 54.0 Å². The van der Waals surface area contributed by atoms with Gasteiger partial charge in [0.25, 0.3) is 5.91 Å². The number of benzene rings is 3. The Hall–Kier alpha value is -2.80. The van der Waals surface area contributed by atoms with Gasteiger partial charge in [-0.25, -0.2) is 0 Å². The molecule has 3 aromatic rings. The first-order valence-corrected chi connectivity index (χ1v) is 12.0. The lowest BCUT2D eigenvalue weighted by Gasteiger charge is -2.14. The summed E-state index contributed by atoms with van der Waals surface area (Å²) in [4.78, 5) is 15.3. The van der Waals surface area contributed by atoms with Gasteiger partial charge in [-0.15, -0.1) is 0 Å². The second-order valence-electron chi connectivity index (χ2n) is 7.38. The largest absolute Gasteiger partial charge is 0.497 e. The van der Waals surface area contributed by atoms with Crippen molar-refractivity contribution in [3.8, 4) is 11.5 Å². The highest BCUT2D eigenvalue weighted by Crippen LogP contribution is 2.34. The molecule has 0 unspecified atom stereocenters. The predicted molar refractivity (Wildman–Crippen MR) is 139 cm³/mol. The quantitative estimate of drug-likeness (QED) is 0.268. The number of thiocarbonyl (C=S) groups is 1. The lowest BCUT2D eigenvalue weighted by atomic mass is 10.1. The Morgan fingerprint density at radius 3 is 2.42 bits per heavy atom. The smallest absolute Gasteiger partial charge is 0.266 e. The van der Waals surface area contributed by atoms with Crippen LogP contribution in [0.3, 0.4) is 0 Å². The van der Waals surface area contributed by atoms with Gasteiger partial charge < -0.3 is 9.47 Å². The third-order valence-corrected chi connectivity index (χ3v) is 6.80. The summed E-state index contributed by atoms with van der Waals surface area (Å²) in [6.45, 7) is 0.938. The third-order valence-electron chi connectivity index (χ3n) is 5.17. The minimum absolute atomic E-state index is 0.0778. The monoisotopic (exact) mass is 495 g/mol. The summed E-state index contributed by atoms with van der Waals surface area (Å²) in [5.74, 6) is 1.44. The summed E-state index contributed by atoms with van der Waals surface area (Å²) in [5.41, 5.74) is 2.97. The van der Waals surface area contributed by atoms with Gasteiger partial charge in [0.2, 0.25) is 0 Å². The molecule has 1 fully saturated rings. The Bertz CT molecular complexity index is 1180. The number of ether oxygens (including phenoxy) is 2. The average Bonchev–Trinajstić information content (AvgIpc) is 3.10. The molecule has 1 heterocycles. The number of halogens is 1. The fourth-order valence-electron chi connectivity index (χ4n) is 3.34. The summed E-state index contributed by atoms with van der Waals surface area (Å²) >= 11 is 12.8. The van der Waals surface area contributed by atoms with Gasteiger partial charge in [-0.2, -0.15) is 0 Å². The average molecular weight is 496 g/mol. The number of thioether (sulfide) groups is 1. The lowest BCUT2D eigenvalue weighted by molar-refractivity contribution is -0.122. The van der Waals surface area contributed by atoms with Crippen molar-refractivity contribution in [2.24, 2.45) is 0 Å². The van der Waals surface area contributed by atoms with E-state index in [2.05, 4.69) is 0 Å². The molecule has 168 valence electrons. The fraction of sp³-hybridized carbons (Fsp3) is 0.154. The highest BCUT2D eigenvalue weighted by Gasteiger charge is 2.31. The molecule has 33 heavy (non-hydrogen) atoms. The molecule has 0 aromatic heterocycles. The summed E-state index contributed by atoms with van der Waals surface area (Å²) in [5, 5.41) is 0.688. The van der Waals surface area contributed by atoms with E-state index in [0.717, 1.165) is 22.4 Å². The number of hydrogen-bond acceptors (Lipinski definition) is 5. The van der Waals surface area contributed by atoms with Crippen LogP contribution in [0, 0.1) is 0 Å². The van der Waals surface area contributed by atoms with Crippen LogP contribution in [0.1, 0.15) is 16.7 Å². The van der Waals surface area contributed by atoms with Gasteiger partial charge in [0.1, 0.15) is 22.4 Å². The maximum Gasteiger partial charge on any atom is 0.266 e. The van der Waals surface area contributed by atoms with E-state index in [1.54, 1.807) is 12.0 Å². The molecule has 0 N–H and O–H groups in total. The Morgan fingerprint density at radius 2 is 1.70 bits per heavy atom. The Morgan fingerprint density at radius 1 is 1.00 bits per heavy atom. The number of rotatable bonds is 8. The van der Waals surface area contributed by atoms with Gasteiger partial charge in [-0.1, -0.05) is 78.0 Å². The molecule has 0 atom stereocenters. The third kappa shape index (κ3) is 5.96. The first-order chi connectivity index (χ1) is 16.0. The number of carbonyl (C=O) groups is 1. The standard InChI is InChI=1S/C26H22ClNO3S2/c1-30-22-12-8-18(9-13-22)14-15-28-25(29)24(33-26(28)32)16-20-4-2-3-5-23(20)31-17-19-6-10-21(27)11-7-19/h2-13,16H,14-15,17H2,1H3/b24-16-. The van der Waals surface area contributed by atoms with E-state index in [0.29, 0.717) is 39.6 Å². The molecular formula is C26H22ClNO3S2. The van der Waals surface area contributed by atoms with Crippen LogP contribution in [0.4, 0.5) is 0 Å². The highest BCUT2D eigenvalue weighted by molar-refractivity contribution is 8.26. The van der Waals surface area contributed by atoms with Crippen molar-refractivity contribution in [3.05, 3.63) is 99.4 Å². The topological polar surface area (TPSA) is 38.8 Å². The SMILES string of the molecule is COc1ccc(CCN2C(=O)/C(=C/c3ccccc3OCc3ccc(Cl)cc3)SC2=S)cc1.